The summed E-state index contributed by atoms with van der Waals surface area (Å²) in [5.41, 5.74) is 1.03. The van der Waals surface area contributed by atoms with Crippen molar-refractivity contribution in [3.63, 3.8) is 0 Å². The maximum absolute atomic E-state index is 12.2. The third kappa shape index (κ3) is 5.09. The monoisotopic (exact) mass is 349 g/mol. The molecule has 7 heteroatoms. The third-order valence-electron chi connectivity index (χ3n) is 4.18. The molecule has 7 nitrogen and oxygen atoms in total. The Morgan fingerprint density at radius 2 is 2.04 bits per heavy atom. The van der Waals surface area contributed by atoms with Crippen molar-refractivity contribution in [2.75, 3.05) is 27.3 Å². The van der Waals surface area contributed by atoms with Gasteiger partial charge in [-0.1, -0.05) is 6.07 Å². The molecule has 1 fully saturated rings. The van der Waals surface area contributed by atoms with E-state index in [1.165, 1.54) is 0 Å². The van der Waals surface area contributed by atoms with E-state index < -0.39 is 6.03 Å². The first-order valence-corrected chi connectivity index (χ1v) is 8.51. The lowest BCUT2D eigenvalue weighted by Gasteiger charge is -2.25. The summed E-state index contributed by atoms with van der Waals surface area (Å²) in [7, 11) is 3.24. The molecule has 1 aromatic carbocycles. The Morgan fingerprint density at radius 1 is 1.28 bits per heavy atom. The number of carbonyl (C=O) groups excluding carboxylic acids is 2. The molecule has 0 aliphatic carbocycles. The largest absolute Gasteiger partial charge is 0.497 e. The molecular formula is C18H27N3O4. The van der Waals surface area contributed by atoms with E-state index in [4.69, 9.17) is 9.47 Å². The smallest absolute Gasteiger partial charge is 0.321 e. The van der Waals surface area contributed by atoms with Crippen molar-refractivity contribution in [2.45, 2.75) is 38.8 Å². The van der Waals surface area contributed by atoms with Gasteiger partial charge in [-0.15, -0.1) is 0 Å². The number of hydrogen-bond acceptors (Lipinski definition) is 5. The number of methoxy groups -OCH3 is 2. The average Bonchev–Trinajstić information content (AvgIpc) is 3.00. The molecule has 1 atom stereocenters. The van der Waals surface area contributed by atoms with Crippen LogP contribution in [-0.4, -0.2) is 50.2 Å². The lowest BCUT2D eigenvalue weighted by molar-refractivity contribution is -0.121. The topological polar surface area (TPSA) is 79.9 Å². The van der Waals surface area contributed by atoms with Crippen LogP contribution in [0.25, 0.3) is 0 Å². The molecule has 0 aromatic heterocycles. The minimum atomic E-state index is -0.460. The average molecular weight is 349 g/mol. The highest BCUT2D eigenvalue weighted by Crippen LogP contribution is 2.38. The molecule has 1 saturated heterocycles. The highest BCUT2D eigenvalue weighted by Gasteiger charge is 2.30. The van der Waals surface area contributed by atoms with Gasteiger partial charge in [-0.3, -0.25) is 15.0 Å². The van der Waals surface area contributed by atoms with E-state index in [0.29, 0.717) is 0 Å². The standard InChI is InChI=1S/C18H27N3O4/c1-12(2)19-18(23)20-17(22)11-21-9-5-6-15(21)14-8-7-13(24-3)10-16(14)25-4/h7-8,10,12,15H,5-6,9,11H2,1-4H3,(H2,19,20,22,23)/t15-/m0/s1. The Hall–Kier alpha value is -2.28. The van der Waals surface area contributed by atoms with Crippen molar-refractivity contribution in [1.82, 2.24) is 15.5 Å². The molecule has 1 aliphatic heterocycles. The second kappa shape index (κ2) is 8.71. The van der Waals surface area contributed by atoms with E-state index in [1.807, 2.05) is 32.0 Å². The maximum Gasteiger partial charge on any atom is 0.321 e. The molecular weight excluding hydrogens is 322 g/mol. The first kappa shape index (κ1) is 19.1. The lowest BCUT2D eigenvalue weighted by Crippen LogP contribution is -2.46. The summed E-state index contributed by atoms with van der Waals surface area (Å²) in [6.07, 6.45) is 1.93. The van der Waals surface area contributed by atoms with Gasteiger partial charge in [0, 0.05) is 23.7 Å². The molecule has 0 bridgehead atoms. The number of urea groups is 1. The van der Waals surface area contributed by atoms with Crippen LogP contribution in [-0.2, 0) is 4.79 Å². The van der Waals surface area contributed by atoms with Crippen LogP contribution in [0, 0.1) is 0 Å². The molecule has 1 aliphatic rings. The first-order valence-electron chi connectivity index (χ1n) is 8.51. The Balaban J connectivity index is 2.05. The van der Waals surface area contributed by atoms with Crippen LogP contribution in [0.3, 0.4) is 0 Å². The number of amides is 3. The van der Waals surface area contributed by atoms with E-state index in [-0.39, 0.29) is 24.5 Å². The van der Waals surface area contributed by atoms with Crippen LogP contribution in [0.2, 0.25) is 0 Å². The van der Waals surface area contributed by atoms with Gasteiger partial charge in [0.2, 0.25) is 5.91 Å². The van der Waals surface area contributed by atoms with Crippen LogP contribution in [0.15, 0.2) is 18.2 Å². The molecule has 0 unspecified atom stereocenters. The second-order valence-corrected chi connectivity index (χ2v) is 6.41. The van der Waals surface area contributed by atoms with E-state index in [1.54, 1.807) is 14.2 Å². The fraction of sp³-hybridized carbons (Fsp3) is 0.556. The number of rotatable bonds is 6. The summed E-state index contributed by atoms with van der Waals surface area (Å²) in [6.45, 7) is 4.66. The lowest BCUT2D eigenvalue weighted by atomic mass is 10.0. The van der Waals surface area contributed by atoms with Crippen molar-refractivity contribution in [1.29, 1.82) is 0 Å². The molecule has 138 valence electrons. The number of hydrogen-bond donors (Lipinski definition) is 2. The van der Waals surface area contributed by atoms with Gasteiger partial charge in [-0.25, -0.2) is 4.79 Å². The number of imide groups is 1. The molecule has 2 rings (SSSR count). The van der Waals surface area contributed by atoms with Crippen molar-refractivity contribution in [2.24, 2.45) is 0 Å². The molecule has 1 heterocycles. The van der Waals surface area contributed by atoms with Crippen molar-refractivity contribution < 1.29 is 19.1 Å². The summed E-state index contributed by atoms with van der Waals surface area (Å²) in [4.78, 5) is 25.9. The SMILES string of the molecule is COc1ccc([C@@H]2CCCN2CC(=O)NC(=O)NC(C)C)c(OC)c1. The van der Waals surface area contributed by atoms with Gasteiger partial charge >= 0.3 is 6.03 Å². The molecule has 0 saturated carbocycles. The Labute approximate surface area is 148 Å². The zero-order valence-electron chi connectivity index (χ0n) is 15.3. The van der Waals surface area contributed by atoms with Crippen LogP contribution in [0.1, 0.15) is 38.3 Å². The Morgan fingerprint density at radius 3 is 2.68 bits per heavy atom. The Bertz CT molecular complexity index is 618. The van der Waals surface area contributed by atoms with Crippen LogP contribution >= 0.6 is 0 Å². The van der Waals surface area contributed by atoms with Crippen LogP contribution in [0.4, 0.5) is 4.79 Å². The molecule has 25 heavy (non-hydrogen) atoms. The Kier molecular flexibility index (Phi) is 6.64. The van der Waals surface area contributed by atoms with E-state index in [2.05, 4.69) is 15.5 Å². The minimum Gasteiger partial charge on any atom is -0.497 e. The maximum atomic E-state index is 12.2. The van der Waals surface area contributed by atoms with Gasteiger partial charge in [-0.05, 0) is 39.3 Å². The van der Waals surface area contributed by atoms with Gasteiger partial charge < -0.3 is 14.8 Å². The fourth-order valence-electron chi connectivity index (χ4n) is 3.11. The van der Waals surface area contributed by atoms with Crippen molar-refractivity contribution in [3.8, 4) is 11.5 Å². The third-order valence-corrected chi connectivity index (χ3v) is 4.18. The minimum absolute atomic E-state index is 0.0177. The zero-order valence-corrected chi connectivity index (χ0v) is 15.3. The summed E-state index contributed by atoms with van der Waals surface area (Å²) in [5, 5.41) is 5.02. The normalized spacial score (nSPS) is 17.4. The summed E-state index contributed by atoms with van der Waals surface area (Å²) < 4.78 is 10.7. The van der Waals surface area contributed by atoms with Gasteiger partial charge in [0.15, 0.2) is 0 Å². The molecule has 3 amide bonds. The summed E-state index contributed by atoms with van der Waals surface area (Å²) in [5.74, 6) is 1.17. The first-order chi connectivity index (χ1) is 11.9. The van der Waals surface area contributed by atoms with Crippen molar-refractivity contribution in [3.05, 3.63) is 23.8 Å². The fourth-order valence-corrected chi connectivity index (χ4v) is 3.11. The highest BCUT2D eigenvalue weighted by molar-refractivity contribution is 5.95. The van der Waals surface area contributed by atoms with E-state index in [0.717, 1.165) is 36.4 Å². The highest BCUT2D eigenvalue weighted by atomic mass is 16.5. The van der Waals surface area contributed by atoms with Crippen molar-refractivity contribution >= 4 is 11.9 Å². The van der Waals surface area contributed by atoms with Gasteiger partial charge in [0.1, 0.15) is 11.5 Å². The number of carbonyl (C=O) groups is 2. The second-order valence-electron chi connectivity index (χ2n) is 6.41. The van der Waals surface area contributed by atoms with Gasteiger partial charge in [-0.2, -0.15) is 0 Å². The van der Waals surface area contributed by atoms with E-state index in [9.17, 15) is 9.59 Å². The molecule has 0 radical (unpaired) electrons. The van der Waals surface area contributed by atoms with Gasteiger partial charge in [0.25, 0.3) is 0 Å². The predicted molar refractivity (Wildman–Crippen MR) is 94.9 cm³/mol. The van der Waals surface area contributed by atoms with Crippen LogP contribution < -0.4 is 20.1 Å². The number of nitrogens with zero attached hydrogens (tertiary/aromatic N) is 1. The van der Waals surface area contributed by atoms with E-state index >= 15 is 0 Å². The predicted octanol–water partition coefficient (Wildman–Crippen LogP) is 2.07. The summed E-state index contributed by atoms with van der Waals surface area (Å²) in [6, 6.07) is 5.32. The quantitative estimate of drug-likeness (QED) is 0.822. The molecule has 2 N–H and O–H groups in total. The zero-order chi connectivity index (χ0) is 18.4. The molecule has 0 spiro atoms. The number of likely N-dealkylation sites (tertiary alicyclic amines) is 1. The van der Waals surface area contributed by atoms with Crippen LogP contribution in [0.5, 0.6) is 11.5 Å². The summed E-state index contributed by atoms with van der Waals surface area (Å²) >= 11 is 0. The molecule has 1 aromatic rings. The number of nitrogens with one attached hydrogen (secondary N) is 2. The number of ether oxygens (including phenoxy) is 2. The van der Waals surface area contributed by atoms with Gasteiger partial charge in [0.05, 0.1) is 20.8 Å². The number of benzene rings is 1.